The van der Waals surface area contributed by atoms with Gasteiger partial charge in [0.1, 0.15) is 5.75 Å². The first-order valence-electron chi connectivity index (χ1n) is 10.1. The van der Waals surface area contributed by atoms with E-state index in [0.717, 1.165) is 68.1 Å². The molecule has 0 spiro atoms. The van der Waals surface area contributed by atoms with Gasteiger partial charge in [-0.15, -0.1) is 23.2 Å². The maximum atomic E-state index is 11.5. The molecule has 0 aliphatic heterocycles. The van der Waals surface area contributed by atoms with Crippen molar-refractivity contribution >= 4 is 29.2 Å². The Bertz CT molecular complexity index is 538. The first kappa shape index (κ1) is 24.1. The summed E-state index contributed by atoms with van der Waals surface area (Å²) in [5, 5.41) is 10.3. The smallest absolute Gasteiger partial charge is 0.305 e. The van der Waals surface area contributed by atoms with E-state index in [-0.39, 0.29) is 22.5 Å². The molecule has 0 saturated carbocycles. The summed E-state index contributed by atoms with van der Waals surface area (Å²) in [6.07, 6.45) is 9.00. The average Bonchev–Trinajstić information content (AvgIpc) is 2.66. The molecule has 1 N–H and O–H groups in total. The summed E-state index contributed by atoms with van der Waals surface area (Å²) in [4.78, 5) is 11.5. The molecule has 0 fully saturated rings. The van der Waals surface area contributed by atoms with E-state index in [4.69, 9.17) is 27.9 Å². The summed E-state index contributed by atoms with van der Waals surface area (Å²) >= 11 is 13.2. The van der Waals surface area contributed by atoms with E-state index in [1.165, 1.54) is 7.11 Å². The molecule has 0 heterocycles. The Hall–Kier alpha value is -0.930. The van der Waals surface area contributed by atoms with Crippen LogP contribution in [0.5, 0.6) is 5.75 Å². The van der Waals surface area contributed by atoms with E-state index in [1.54, 1.807) is 0 Å². The first-order valence-corrected chi connectivity index (χ1v) is 11.0. The number of methoxy groups -OCH3 is 1. The summed E-state index contributed by atoms with van der Waals surface area (Å²) in [7, 11) is 1.39. The Labute approximate surface area is 174 Å². The molecule has 0 amide bonds. The topological polar surface area (TPSA) is 46.5 Å². The molecule has 0 bridgehead atoms. The highest BCUT2D eigenvalue weighted by molar-refractivity contribution is 6.22. The Morgan fingerprint density at radius 1 is 1.00 bits per heavy atom. The summed E-state index contributed by atoms with van der Waals surface area (Å²) in [5.74, 6) is -0.0354. The van der Waals surface area contributed by atoms with Gasteiger partial charge < -0.3 is 9.84 Å². The molecule has 1 aromatic carbocycles. The second kappa shape index (κ2) is 13.3. The molecule has 1 rings (SSSR count). The lowest BCUT2D eigenvalue weighted by molar-refractivity contribution is -0.140. The van der Waals surface area contributed by atoms with Crippen LogP contribution < -0.4 is 0 Å². The van der Waals surface area contributed by atoms with Crippen LogP contribution in [0.1, 0.15) is 99.1 Å². The lowest BCUT2D eigenvalue weighted by Gasteiger charge is -2.19. The van der Waals surface area contributed by atoms with Crippen LogP contribution in [0, 0.1) is 0 Å². The Kier molecular flexibility index (Phi) is 11.9. The number of aryl methyl sites for hydroxylation is 1. The number of phenols is 1. The molecular formula is C22H34Cl2O3. The van der Waals surface area contributed by atoms with Gasteiger partial charge in [0.05, 0.1) is 17.9 Å². The first-order chi connectivity index (χ1) is 12.9. The fourth-order valence-electron chi connectivity index (χ4n) is 3.17. The zero-order chi connectivity index (χ0) is 20.2. The van der Waals surface area contributed by atoms with Gasteiger partial charge >= 0.3 is 5.97 Å². The SMILES string of the molecule is CCCCCC(Cl)c1cc(CCC(=O)OC)cc(C(Cl)CCCCC)c1O. The zero-order valence-electron chi connectivity index (χ0n) is 16.9. The number of phenolic OH excluding ortho intramolecular Hbond substituents is 1. The number of hydrogen-bond donors (Lipinski definition) is 1. The number of rotatable bonds is 13. The normalized spacial score (nSPS) is 13.4. The fourth-order valence-corrected chi connectivity index (χ4v) is 3.81. The predicted molar refractivity (Wildman–Crippen MR) is 114 cm³/mol. The van der Waals surface area contributed by atoms with Crippen molar-refractivity contribution in [2.45, 2.75) is 88.8 Å². The number of alkyl halides is 2. The van der Waals surface area contributed by atoms with Crippen LogP contribution in [-0.4, -0.2) is 18.2 Å². The molecule has 1 aromatic rings. The standard InChI is InChI=1S/C22H34Cl2O3/c1-4-6-8-10-19(23)17-14-16(12-13-21(25)27-3)15-18(22(17)26)20(24)11-9-7-5-2/h14-15,19-20,26H,4-13H2,1-3H3. The molecule has 2 atom stereocenters. The molecule has 0 radical (unpaired) electrons. The van der Waals surface area contributed by atoms with Crippen LogP contribution >= 0.6 is 23.2 Å². The van der Waals surface area contributed by atoms with Gasteiger partial charge in [0.25, 0.3) is 0 Å². The number of aromatic hydroxyl groups is 1. The van der Waals surface area contributed by atoms with Gasteiger partial charge in [0.2, 0.25) is 0 Å². The number of ether oxygens (including phenoxy) is 1. The molecule has 27 heavy (non-hydrogen) atoms. The number of carbonyl (C=O) groups is 1. The lowest BCUT2D eigenvalue weighted by atomic mass is 9.94. The number of benzene rings is 1. The van der Waals surface area contributed by atoms with Crippen LogP contribution in [0.4, 0.5) is 0 Å². The van der Waals surface area contributed by atoms with Gasteiger partial charge in [-0.05, 0) is 24.8 Å². The van der Waals surface area contributed by atoms with Crippen LogP contribution in [0.2, 0.25) is 0 Å². The minimum Gasteiger partial charge on any atom is -0.507 e. The van der Waals surface area contributed by atoms with E-state index >= 15 is 0 Å². The molecule has 0 aliphatic carbocycles. The number of hydrogen-bond acceptors (Lipinski definition) is 3. The van der Waals surface area contributed by atoms with Crippen molar-refractivity contribution in [1.29, 1.82) is 0 Å². The quantitative estimate of drug-likeness (QED) is 0.209. The van der Waals surface area contributed by atoms with Gasteiger partial charge in [0, 0.05) is 17.5 Å². The molecule has 2 unspecified atom stereocenters. The van der Waals surface area contributed by atoms with Crippen molar-refractivity contribution in [3.8, 4) is 5.75 Å². The zero-order valence-corrected chi connectivity index (χ0v) is 18.4. The lowest BCUT2D eigenvalue weighted by Crippen LogP contribution is -2.04. The summed E-state index contributed by atoms with van der Waals surface area (Å²) in [5.41, 5.74) is 2.42. The van der Waals surface area contributed by atoms with E-state index in [1.807, 2.05) is 12.1 Å². The highest BCUT2D eigenvalue weighted by Crippen LogP contribution is 2.41. The van der Waals surface area contributed by atoms with Crippen molar-refractivity contribution < 1.29 is 14.6 Å². The number of halogens is 2. The Morgan fingerprint density at radius 3 is 1.89 bits per heavy atom. The highest BCUT2D eigenvalue weighted by Gasteiger charge is 2.21. The van der Waals surface area contributed by atoms with Crippen molar-refractivity contribution in [2.75, 3.05) is 7.11 Å². The maximum absolute atomic E-state index is 11.5. The fraction of sp³-hybridized carbons (Fsp3) is 0.682. The van der Waals surface area contributed by atoms with Crippen LogP contribution in [0.3, 0.4) is 0 Å². The predicted octanol–water partition coefficient (Wildman–Crippen LogP) is 7.22. The third-order valence-electron chi connectivity index (χ3n) is 4.87. The highest BCUT2D eigenvalue weighted by atomic mass is 35.5. The van der Waals surface area contributed by atoms with Crippen molar-refractivity contribution in [3.05, 3.63) is 28.8 Å². The molecular weight excluding hydrogens is 383 g/mol. The molecule has 0 saturated heterocycles. The third kappa shape index (κ3) is 8.31. The van der Waals surface area contributed by atoms with Gasteiger partial charge in [-0.2, -0.15) is 0 Å². The summed E-state index contributed by atoms with van der Waals surface area (Å²) < 4.78 is 4.74. The van der Waals surface area contributed by atoms with E-state index in [2.05, 4.69) is 13.8 Å². The van der Waals surface area contributed by atoms with E-state index < -0.39 is 0 Å². The molecule has 0 aromatic heterocycles. The van der Waals surface area contributed by atoms with Gasteiger partial charge in [0.15, 0.2) is 0 Å². The minimum atomic E-state index is -0.257. The van der Waals surface area contributed by atoms with Crippen LogP contribution in [0.15, 0.2) is 12.1 Å². The second-order valence-electron chi connectivity index (χ2n) is 7.13. The third-order valence-corrected chi connectivity index (χ3v) is 5.78. The number of unbranched alkanes of at least 4 members (excludes halogenated alkanes) is 4. The monoisotopic (exact) mass is 416 g/mol. The van der Waals surface area contributed by atoms with Crippen molar-refractivity contribution in [2.24, 2.45) is 0 Å². The Morgan fingerprint density at radius 2 is 1.48 bits per heavy atom. The number of carbonyl (C=O) groups excluding carboxylic acids is 1. The minimum absolute atomic E-state index is 0.213. The van der Waals surface area contributed by atoms with E-state index in [9.17, 15) is 9.90 Å². The largest absolute Gasteiger partial charge is 0.507 e. The van der Waals surface area contributed by atoms with Crippen LogP contribution in [0.25, 0.3) is 0 Å². The molecule has 154 valence electrons. The van der Waals surface area contributed by atoms with Crippen molar-refractivity contribution in [1.82, 2.24) is 0 Å². The van der Waals surface area contributed by atoms with Gasteiger partial charge in [-0.1, -0.05) is 64.5 Å². The molecule has 0 aliphatic rings. The second-order valence-corrected chi connectivity index (χ2v) is 8.18. The summed E-state index contributed by atoms with van der Waals surface area (Å²) in [6, 6.07) is 3.84. The maximum Gasteiger partial charge on any atom is 0.305 e. The van der Waals surface area contributed by atoms with Gasteiger partial charge in [-0.3, -0.25) is 4.79 Å². The molecule has 5 heteroatoms. The molecule has 3 nitrogen and oxygen atoms in total. The van der Waals surface area contributed by atoms with Gasteiger partial charge in [-0.25, -0.2) is 0 Å². The average molecular weight is 417 g/mol. The van der Waals surface area contributed by atoms with E-state index in [0.29, 0.717) is 12.8 Å². The Balaban J connectivity index is 3.06. The van der Waals surface area contributed by atoms with Crippen LogP contribution in [-0.2, 0) is 16.0 Å². The van der Waals surface area contributed by atoms with Crippen molar-refractivity contribution in [3.63, 3.8) is 0 Å². The summed E-state index contributed by atoms with van der Waals surface area (Å²) in [6.45, 7) is 4.31. The number of esters is 1.